The molecule has 0 bridgehead atoms. The Bertz CT molecular complexity index is 1000. The molecule has 140 valence electrons. The first-order valence-corrected chi connectivity index (χ1v) is 8.55. The van der Waals surface area contributed by atoms with Crippen LogP contribution in [0.2, 0.25) is 0 Å². The molecule has 0 aliphatic rings. The van der Waals surface area contributed by atoms with Crippen molar-refractivity contribution in [3.05, 3.63) is 64.5 Å². The quantitative estimate of drug-likeness (QED) is 0.606. The number of esters is 1. The molecule has 0 amide bonds. The van der Waals surface area contributed by atoms with Crippen LogP contribution in [-0.4, -0.2) is 18.7 Å². The second kappa shape index (κ2) is 7.95. The molecule has 0 aliphatic heterocycles. The third-order valence-electron chi connectivity index (χ3n) is 3.69. The first kappa shape index (κ1) is 18.5. The van der Waals surface area contributed by atoms with Crippen LogP contribution in [0.25, 0.3) is 11.0 Å². The zero-order chi connectivity index (χ0) is 19.4. The molecule has 0 saturated heterocycles. The lowest BCUT2D eigenvalue weighted by Gasteiger charge is -2.10. The van der Waals surface area contributed by atoms with E-state index in [1.807, 2.05) is 19.1 Å². The average Bonchev–Trinajstić information content (AvgIpc) is 2.63. The second-order valence-electron chi connectivity index (χ2n) is 6.33. The van der Waals surface area contributed by atoms with Gasteiger partial charge in [-0.15, -0.1) is 0 Å². The van der Waals surface area contributed by atoms with Crippen molar-refractivity contribution in [2.45, 2.75) is 26.9 Å². The minimum absolute atomic E-state index is 0.0977. The number of carbonyl (C=O) groups is 1. The molecular weight excluding hydrogens is 348 g/mol. The van der Waals surface area contributed by atoms with E-state index in [0.29, 0.717) is 22.5 Å². The maximum atomic E-state index is 12.6. The van der Waals surface area contributed by atoms with Crippen molar-refractivity contribution in [1.29, 1.82) is 0 Å². The summed E-state index contributed by atoms with van der Waals surface area (Å²) in [6, 6.07) is 12.1. The van der Waals surface area contributed by atoms with Crippen molar-refractivity contribution in [3.63, 3.8) is 0 Å². The highest BCUT2D eigenvalue weighted by atomic mass is 16.6. The second-order valence-corrected chi connectivity index (χ2v) is 6.33. The Morgan fingerprint density at radius 1 is 1.07 bits per heavy atom. The standard InChI is InChI=1S/C21H20O6/c1-13(2)26-20(22)12-24-16-8-9-17-18(10-16)25-11-19(21(17)23)27-15-6-4-14(3)5-7-15/h4-11,13H,12H2,1-3H3. The summed E-state index contributed by atoms with van der Waals surface area (Å²) in [5.74, 6) is 0.586. The molecule has 0 N–H and O–H groups in total. The number of benzene rings is 2. The van der Waals surface area contributed by atoms with Crippen LogP contribution in [-0.2, 0) is 9.53 Å². The Kier molecular flexibility index (Phi) is 5.45. The molecule has 0 radical (unpaired) electrons. The smallest absolute Gasteiger partial charge is 0.344 e. The predicted octanol–water partition coefficient (Wildman–Crippen LogP) is 4.22. The topological polar surface area (TPSA) is 75.0 Å². The van der Waals surface area contributed by atoms with Crippen LogP contribution in [0.1, 0.15) is 19.4 Å². The van der Waals surface area contributed by atoms with Crippen LogP contribution in [0.15, 0.2) is 57.9 Å². The van der Waals surface area contributed by atoms with E-state index in [0.717, 1.165) is 5.56 Å². The van der Waals surface area contributed by atoms with Crippen molar-refractivity contribution in [1.82, 2.24) is 0 Å². The third-order valence-corrected chi connectivity index (χ3v) is 3.69. The molecule has 0 saturated carbocycles. The molecular formula is C21H20O6. The van der Waals surface area contributed by atoms with Crippen LogP contribution in [0.5, 0.6) is 17.2 Å². The third kappa shape index (κ3) is 4.67. The summed E-state index contributed by atoms with van der Waals surface area (Å²) in [5, 5.41) is 0.358. The van der Waals surface area contributed by atoms with E-state index in [1.54, 1.807) is 44.2 Å². The van der Waals surface area contributed by atoms with Gasteiger partial charge in [0.25, 0.3) is 0 Å². The Balaban J connectivity index is 1.77. The van der Waals surface area contributed by atoms with E-state index in [1.165, 1.54) is 6.26 Å². The molecule has 1 aromatic heterocycles. The largest absolute Gasteiger partial charge is 0.482 e. The van der Waals surface area contributed by atoms with Gasteiger partial charge in [-0.2, -0.15) is 0 Å². The molecule has 0 unspecified atom stereocenters. The van der Waals surface area contributed by atoms with E-state index in [9.17, 15) is 9.59 Å². The fraction of sp³-hybridized carbons (Fsp3) is 0.238. The van der Waals surface area contributed by atoms with Crippen molar-refractivity contribution < 1.29 is 23.4 Å². The van der Waals surface area contributed by atoms with Gasteiger partial charge >= 0.3 is 5.97 Å². The minimum atomic E-state index is -0.464. The van der Waals surface area contributed by atoms with Crippen molar-refractivity contribution in [3.8, 4) is 17.2 Å². The summed E-state index contributed by atoms with van der Waals surface area (Å²) in [5.41, 5.74) is 1.14. The zero-order valence-corrected chi connectivity index (χ0v) is 15.4. The average molecular weight is 368 g/mol. The SMILES string of the molecule is Cc1ccc(Oc2coc3cc(OCC(=O)OC(C)C)ccc3c2=O)cc1. The highest BCUT2D eigenvalue weighted by Crippen LogP contribution is 2.24. The van der Waals surface area contributed by atoms with Crippen LogP contribution in [0.4, 0.5) is 0 Å². The van der Waals surface area contributed by atoms with Crippen molar-refractivity contribution in [2.75, 3.05) is 6.61 Å². The van der Waals surface area contributed by atoms with Gasteiger partial charge in [-0.3, -0.25) is 4.79 Å². The van der Waals surface area contributed by atoms with E-state index in [4.69, 9.17) is 18.6 Å². The van der Waals surface area contributed by atoms with Gasteiger partial charge in [-0.1, -0.05) is 17.7 Å². The van der Waals surface area contributed by atoms with Gasteiger partial charge in [0.2, 0.25) is 11.2 Å². The monoisotopic (exact) mass is 368 g/mol. The number of fused-ring (bicyclic) bond motifs is 1. The fourth-order valence-corrected chi connectivity index (χ4v) is 2.42. The van der Waals surface area contributed by atoms with E-state index in [2.05, 4.69) is 0 Å². The lowest BCUT2D eigenvalue weighted by molar-refractivity contribution is -0.149. The van der Waals surface area contributed by atoms with Gasteiger partial charge in [0.15, 0.2) is 6.61 Å². The van der Waals surface area contributed by atoms with Gasteiger partial charge in [0, 0.05) is 6.07 Å². The van der Waals surface area contributed by atoms with E-state index >= 15 is 0 Å². The Morgan fingerprint density at radius 3 is 2.48 bits per heavy atom. The van der Waals surface area contributed by atoms with Gasteiger partial charge in [-0.25, -0.2) is 4.79 Å². The van der Waals surface area contributed by atoms with Crippen molar-refractivity contribution in [2.24, 2.45) is 0 Å². The molecule has 6 nitrogen and oxygen atoms in total. The summed E-state index contributed by atoms with van der Waals surface area (Å²) in [6.07, 6.45) is 1.06. The van der Waals surface area contributed by atoms with Gasteiger partial charge in [0.1, 0.15) is 23.3 Å². The number of hydrogen-bond donors (Lipinski definition) is 0. The molecule has 3 aromatic rings. The normalized spacial score (nSPS) is 10.8. The molecule has 0 atom stereocenters. The number of aryl methyl sites for hydroxylation is 1. The maximum absolute atomic E-state index is 12.6. The lowest BCUT2D eigenvalue weighted by atomic mass is 10.2. The molecule has 2 aromatic carbocycles. The summed E-state index contributed by atoms with van der Waals surface area (Å²) >= 11 is 0. The van der Waals surface area contributed by atoms with E-state index in [-0.39, 0.29) is 23.9 Å². The summed E-state index contributed by atoms with van der Waals surface area (Å²) in [7, 11) is 0. The predicted molar refractivity (Wildman–Crippen MR) is 100 cm³/mol. The van der Waals surface area contributed by atoms with Crippen LogP contribution in [0, 0.1) is 6.92 Å². The van der Waals surface area contributed by atoms with Crippen molar-refractivity contribution >= 4 is 16.9 Å². The molecule has 6 heteroatoms. The number of carbonyl (C=O) groups excluding carboxylic acids is 1. The summed E-state index contributed by atoms with van der Waals surface area (Å²) in [6.45, 7) is 5.27. The Labute approximate surface area is 156 Å². The zero-order valence-electron chi connectivity index (χ0n) is 15.4. The molecule has 27 heavy (non-hydrogen) atoms. The molecule has 0 spiro atoms. The first-order chi connectivity index (χ1) is 12.9. The van der Waals surface area contributed by atoms with Crippen LogP contribution < -0.4 is 14.9 Å². The minimum Gasteiger partial charge on any atom is -0.482 e. The summed E-state index contributed by atoms with van der Waals surface area (Å²) < 4.78 is 21.5. The maximum Gasteiger partial charge on any atom is 0.344 e. The number of hydrogen-bond acceptors (Lipinski definition) is 6. The molecule has 0 aliphatic carbocycles. The molecule has 3 rings (SSSR count). The van der Waals surface area contributed by atoms with Crippen LogP contribution >= 0.6 is 0 Å². The number of rotatable bonds is 6. The van der Waals surface area contributed by atoms with Gasteiger partial charge in [-0.05, 0) is 45.0 Å². The first-order valence-electron chi connectivity index (χ1n) is 8.55. The summed E-state index contributed by atoms with van der Waals surface area (Å²) in [4.78, 5) is 24.1. The molecule has 1 heterocycles. The Hall–Kier alpha value is -3.28. The highest BCUT2D eigenvalue weighted by Gasteiger charge is 2.12. The van der Waals surface area contributed by atoms with Crippen LogP contribution in [0.3, 0.4) is 0 Å². The van der Waals surface area contributed by atoms with Gasteiger partial charge in [0.05, 0.1) is 11.5 Å². The highest BCUT2D eigenvalue weighted by molar-refractivity contribution is 5.79. The molecule has 0 fully saturated rings. The Morgan fingerprint density at radius 2 is 1.78 bits per heavy atom. The fourth-order valence-electron chi connectivity index (χ4n) is 2.42. The number of ether oxygens (including phenoxy) is 3. The lowest BCUT2D eigenvalue weighted by Crippen LogP contribution is -2.18. The van der Waals surface area contributed by atoms with E-state index < -0.39 is 5.97 Å². The van der Waals surface area contributed by atoms with Gasteiger partial charge < -0.3 is 18.6 Å².